The van der Waals surface area contributed by atoms with Crippen molar-refractivity contribution in [2.45, 2.75) is 38.9 Å². The van der Waals surface area contributed by atoms with Crippen molar-refractivity contribution in [3.05, 3.63) is 48.0 Å². The molecule has 1 aliphatic rings. The quantitative estimate of drug-likeness (QED) is 0.436. The SMILES string of the molecule is C=C(C)CNC(=NCC(=O)N(C)C)NC1CC(C)N(Cc2ccccc2)C1. The molecular weight excluding hydrogens is 338 g/mol. The number of rotatable bonds is 7. The molecule has 148 valence electrons. The molecule has 0 bridgehead atoms. The second kappa shape index (κ2) is 10.1. The van der Waals surface area contributed by atoms with Crippen molar-refractivity contribution < 1.29 is 4.79 Å². The van der Waals surface area contributed by atoms with Gasteiger partial charge in [-0.2, -0.15) is 0 Å². The van der Waals surface area contributed by atoms with E-state index in [2.05, 4.69) is 58.3 Å². The number of likely N-dealkylation sites (N-methyl/N-ethyl adjacent to an activating group) is 1. The fourth-order valence-corrected chi connectivity index (χ4v) is 3.11. The number of carbonyl (C=O) groups is 1. The Kier molecular flexibility index (Phi) is 7.85. The zero-order valence-electron chi connectivity index (χ0n) is 17.0. The van der Waals surface area contributed by atoms with Crippen LogP contribution in [0.2, 0.25) is 0 Å². The Labute approximate surface area is 163 Å². The van der Waals surface area contributed by atoms with Gasteiger partial charge in [0.2, 0.25) is 5.91 Å². The summed E-state index contributed by atoms with van der Waals surface area (Å²) in [6.45, 7) is 10.8. The third-order valence-corrected chi connectivity index (χ3v) is 4.70. The average molecular weight is 372 g/mol. The number of nitrogens with zero attached hydrogens (tertiary/aromatic N) is 3. The van der Waals surface area contributed by atoms with Gasteiger partial charge in [0.25, 0.3) is 0 Å². The van der Waals surface area contributed by atoms with Crippen LogP contribution in [-0.2, 0) is 11.3 Å². The highest BCUT2D eigenvalue weighted by Gasteiger charge is 2.29. The summed E-state index contributed by atoms with van der Waals surface area (Å²) in [7, 11) is 3.48. The highest BCUT2D eigenvalue weighted by atomic mass is 16.2. The van der Waals surface area contributed by atoms with Crippen molar-refractivity contribution in [1.29, 1.82) is 0 Å². The number of carbonyl (C=O) groups excluding carboxylic acids is 1. The summed E-state index contributed by atoms with van der Waals surface area (Å²) < 4.78 is 0. The molecule has 0 aliphatic carbocycles. The van der Waals surface area contributed by atoms with Crippen molar-refractivity contribution in [3.63, 3.8) is 0 Å². The standard InChI is InChI=1S/C21H33N5O/c1-16(2)12-22-21(23-13-20(27)25(4)5)24-19-11-17(3)26(15-19)14-18-9-7-6-8-10-18/h6-10,17,19H,1,11-15H2,2-5H3,(H2,22,23,24). The molecule has 0 radical (unpaired) electrons. The lowest BCUT2D eigenvalue weighted by Gasteiger charge is -2.21. The van der Waals surface area contributed by atoms with Gasteiger partial charge >= 0.3 is 0 Å². The Hall–Kier alpha value is -2.34. The monoisotopic (exact) mass is 371 g/mol. The summed E-state index contributed by atoms with van der Waals surface area (Å²) in [5, 5.41) is 6.77. The molecule has 27 heavy (non-hydrogen) atoms. The van der Waals surface area contributed by atoms with Gasteiger partial charge in [0, 0.05) is 45.8 Å². The normalized spacial score (nSPS) is 20.4. The first-order valence-electron chi connectivity index (χ1n) is 9.52. The Balaban J connectivity index is 1.96. The largest absolute Gasteiger partial charge is 0.353 e. The van der Waals surface area contributed by atoms with Gasteiger partial charge < -0.3 is 15.5 Å². The molecule has 6 heteroatoms. The van der Waals surface area contributed by atoms with E-state index in [4.69, 9.17) is 0 Å². The molecule has 1 fully saturated rings. The van der Waals surface area contributed by atoms with Gasteiger partial charge in [-0.05, 0) is 25.8 Å². The van der Waals surface area contributed by atoms with Gasteiger partial charge in [-0.3, -0.25) is 9.69 Å². The molecule has 2 unspecified atom stereocenters. The Morgan fingerprint density at radius 1 is 1.33 bits per heavy atom. The van der Waals surface area contributed by atoms with Gasteiger partial charge in [0.05, 0.1) is 0 Å². The van der Waals surface area contributed by atoms with E-state index in [1.165, 1.54) is 5.56 Å². The van der Waals surface area contributed by atoms with Crippen molar-refractivity contribution in [2.24, 2.45) is 4.99 Å². The molecule has 1 heterocycles. The van der Waals surface area contributed by atoms with Gasteiger partial charge in [0.15, 0.2) is 5.96 Å². The zero-order chi connectivity index (χ0) is 19.8. The maximum atomic E-state index is 11.9. The second-order valence-corrected chi connectivity index (χ2v) is 7.60. The predicted molar refractivity (Wildman–Crippen MR) is 112 cm³/mol. The van der Waals surface area contributed by atoms with Crippen LogP contribution >= 0.6 is 0 Å². The fraction of sp³-hybridized carbons (Fsp3) is 0.524. The third-order valence-electron chi connectivity index (χ3n) is 4.70. The molecule has 0 saturated carbocycles. The topological polar surface area (TPSA) is 60.0 Å². The summed E-state index contributed by atoms with van der Waals surface area (Å²) >= 11 is 0. The number of hydrogen-bond donors (Lipinski definition) is 2. The van der Waals surface area contributed by atoms with E-state index >= 15 is 0 Å². The van der Waals surface area contributed by atoms with Crippen LogP contribution in [-0.4, -0.2) is 67.5 Å². The Morgan fingerprint density at radius 2 is 2.04 bits per heavy atom. The van der Waals surface area contributed by atoms with Gasteiger partial charge in [-0.15, -0.1) is 0 Å². The lowest BCUT2D eigenvalue weighted by Crippen LogP contribution is -2.45. The molecule has 1 saturated heterocycles. The number of likely N-dealkylation sites (tertiary alicyclic amines) is 1. The first-order chi connectivity index (χ1) is 12.8. The van der Waals surface area contributed by atoms with Crippen LogP contribution < -0.4 is 10.6 Å². The zero-order valence-corrected chi connectivity index (χ0v) is 17.0. The number of guanidine groups is 1. The minimum Gasteiger partial charge on any atom is -0.353 e. The van der Waals surface area contributed by atoms with Crippen LogP contribution in [0.5, 0.6) is 0 Å². The number of aliphatic imine (C=N–C) groups is 1. The molecule has 2 atom stereocenters. The minimum absolute atomic E-state index is 0.0167. The molecule has 1 aliphatic heterocycles. The maximum Gasteiger partial charge on any atom is 0.243 e. The summed E-state index contributed by atoms with van der Waals surface area (Å²) in [5.41, 5.74) is 2.35. The van der Waals surface area contributed by atoms with E-state index < -0.39 is 0 Å². The number of nitrogens with one attached hydrogen (secondary N) is 2. The van der Waals surface area contributed by atoms with Crippen LogP contribution in [0.25, 0.3) is 0 Å². The van der Waals surface area contributed by atoms with E-state index in [-0.39, 0.29) is 12.5 Å². The van der Waals surface area contributed by atoms with Crippen LogP contribution in [0, 0.1) is 0 Å². The van der Waals surface area contributed by atoms with E-state index in [0.717, 1.165) is 25.1 Å². The molecule has 6 nitrogen and oxygen atoms in total. The molecule has 1 aromatic carbocycles. The number of hydrogen-bond acceptors (Lipinski definition) is 3. The highest BCUT2D eigenvalue weighted by molar-refractivity contribution is 5.85. The van der Waals surface area contributed by atoms with Gasteiger partial charge in [-0.1, -0.05) is 42.5 Å². The molecule has 2 rings (SSSR count). The van der Waals surface area contributed by atoms with Crippen LogP contribution in [0.3, 0.4) is 0 Å². The third kappa shape index (κ3) is 7.06. The lowest BCUT2D eigenvalue weighted by atomic mass is 10.2. The van der Waals surface area contributed by atoms with Crippen molar-refractivity contribution in [2.75, 3.05) is 33.7 Å². The summed E-state index contributed by atoms with van der Waals surface area (Å²) in [6.07, 6.45) is 1.04. The highest BCUT2D eigenvalue weighted by Crippen LogP contribution is 2.20. The van der Waals surface area contributed by atoms with Crippen LogP contribution in [0.15, 0.2) is 47.5 Å². The summed E-state index contributed by atoms with van der Waals surface area (Å²) in [4.78, 5) is 20.4. The Bertz CT molecular complexity index is 656. The average Bonchev–Trinajstić information content (AvgIpc) is 2.96. The van der Waals surface area contributed by atoms with Gasteiger partial charge in [0.1, 0.15) is 6.54 Å². The van der Waals surface area contributed by atoms with E-state index in [1.807, 2.05) is 13.0 Å². The smallest absolute Gasteiger partial charge is 0.243 e. The first-order valence-corrected chi connectivity index (χ1v) is 9.52. The molecule has 0 spiro atoms. The predicted octanol–water partition coefficient (Wildman–Crippen LogP) is 1.85. The van der Waals surface area contributed by atoms with Crippen LogP contribution in [0.4, 0.5) is 0 Å². The summed E-state index contributed by atoms with van der Waals surface area (Å²) in [5.74, 6) is 0.656. The van der Waals surface area contributed by atoms with Gasteiger partial charge in [-0.25, -0.2) is 4.99 Å². The molecule has 1 aromatic rings. The summed E-state index contributed by atoms with van der Waals surface area (Å²) in [6, 6.07) is 11.3. The molecule has 2 N–H and O–H groups in total. The fourth-order valence-electron chi connectivity index (χ4n) is 3.11. The van der Waals surface area contributed by atoms with Crippen LogP contribution in [0.1, 0.15) is 25.8 Å². The number of amides is 1. The maximum absolute atomic E-state index is 11.9. The molecular formula is C21H33N5O. The minimum atomic E-state index is -0.0167. The van der Waals surface area contributed by atoms with E-state index in [1.54, 1.807) is 19.0 Å². The first kappa shape index (κ1) is 21.0. The lowest BCUT2D eigenvalue weighted by molar-refractivity contribution is -0.127. The number of benzene rings is 1. The van der Waals surface area contributed by atoms with Crippen molar-refractivity contribution in [3.8, 4) is 0 Å². The van der Waals surface area contributed by atoms with E-state index in [9.17, 15) is 4.79 Å². The second-order valence-electron chi connectivity index (χ2n) is 7.60. The Morgan fingerprint density at radius 3 is 2.67 bits per heavy atom. The van der Waals surface area contributed by atoms with E-state index in [0.29, 0.717) is 24.6 Å². The van der Waals surface area contributed by atoms with Crippen molar-refractivity contribution >= 4 is 11.9 Å². The van der Waals surface area contributed by atoms with Crippen molar-refractivity contribution in [1.82, 2.24) is 20.4 Å². The molecule has 1 amide bonds. The molecule has 0 aromatic heterocycles.